The van der Waals surface area contributed by atoms with Crippen molar-refractivity contribution in [1.82, 2.24) is 10.4 Å². The van der Waals surface area contributed by atoms with Crippen LogP contribution in [0.4, 0.5) is 0 Å². The number of nitrogens with zero attached hydrogens (tertiary/aromatic N) is 1. The smallest absolute Gasteiger partial charge is 0.333 e. The van der Waals surface area contributed by atoms with E-state index in [0.717, 1.165) is 38.0 Å². The Hall–Kier alpha value is -2.82. The zero-order chi connectivity index (χ0) is 36.3. The molecular weight excluding hydrogens is 636 g/mol. The molecule has 2 N–H and O–H groups in total. The summed E-state index contributed by atoms with van der Waals surface area (Å²) in [5, 5.41) is 13.5. The maximum atomic E-state index is 12.1. The molecule has 10 nitrogen and oxygen atoms in total. The number of fused-ring (bicyclic) bond motifs is 1. The lowest BCUT2D eigenvalue weighted by atomic mass is 9.60. The highest BCUT2D eigenvalue weighted by molar-refractivity contribution is 6.01. The summed E-state index contributed by atoms with van der Waals surface area (Å²) in [5.41, 5.74) is 3.91. The number of allylic oxidation sites excluding steroid dienone is 4. The van der Waals surface area contributed by atoms with Crippen molar-refractivity contribution >= 4 is 23.7 Å². The molecule has 0 spiro atoms. The first-order chi connectivity index (χ1) is 23.8. The molecule has 10 heteroatoms. The Kier molecular flexibility index (Phi) is 14.9. The monoisotopic (exact) mass is 698 g/mol. The van der Waals surface area contributed by atoms with Crippen LogP contribution < -0.4 is 5.32 Å². The molecule has 0 unspecified atom stereocenters. The zero-order valence-corrected chi connectivity index (χ0v) is 31.1. The Balaban J connectivity index is 1.12. The van der Waals surface area contributed by atoms with Crippen LogP contribution in [0.2, 0.25) is 0 Å². The first-order valence-corrected chi connectivity index (χ1v) is 19.1. The van der Waals surface area contributed by atoms with Crippen molar-refractivity contribution < 1.29 is 38.6 Å². The van der Waals surface area contributed by atoms with Crippen LogP contribution in [0, 0.1) is 23.2 Å². The minimum atomic E-state index is -0.681. The highest BCUT2D eigenvalue weighted by Crippen LogP contribution is 2.60. The number of ether oxygens (including phenoxy) is 2. The summed E-state index contributed by atoms with van der Waals surface area (Å²) in [7, 11) is 0. The van der Waals surface area contributed by atoms with Crippen LogP contribution in [0.1, 0.15) is 130 Å². The number of nitrogens with one attached hydrogen (secondary N) is 1. The van der Waals surface area contributed by atoms with Gasteiger partial charge in [-0.15, -0.1) is 5.06 Å². The fourth-order valence-corrected chi connectivity index (χ4v) is 8.69. The maximum Gasteiger partial charge on any atom is 0.333 e. The molecule has 50 heavy (non-hydrogen) atoms. The summed E-state index contributed by atoms with van der Waals surface area (Å²) in [6.07, 6.45) is 18.3. The average molecular weight is 699 g/mol. The number of carbonyl (C=O) groups excluding carboxylic acids is 4. The minimum Gasteiger partial charge on any atom is -0.390 e. The van der Waals surface area contributed by atoms with E-state index >= 15 is 0 Å². The van der Waals surface area contributed by atoms with E-state index in [1.165, 1.54) is 49.7 Å². The van der Waals surface area contributed by atoms with Gasteiger partial charge in [-0.2, -0.15) is 0 Å². The summed E-state index contributed by atoms with van der Waals surface area (Å²) in [6.45, 7) is 14.3. The zero-order valence-electron chi connectivity index (χ0n) is 31.1. The van der Waals surface area contributed by atoms with E-state index < -0.39 is 23.4 Å². The molecular formula is C40H62N2O8. The van der Waals surface area contributed by atoms with Crippen LogP contribution in [0.25, 0.3) is 0 Å². The van der Waals surface area contributed by atoms with Crippen LogP contribution in [-0.4, -0.2) is 71.9 Å². The van der Waals surface area contributed by atoms with Gasteiger partial charge in [-0.1, -0.05) is 56.6 Å². The Morgan fingerprint density at radius 3 is 2.56 bits per heavy atom. The normalized spacial score (nSPS) is 28.0. The number of hydrogen-bond acceptors (Lipinski definition) is 8. The number of hydrogen-bond donors (Lipinski definition) is 2. The summed E-state index contributed by atoms with van der Waals surface area (Å²) in [5.74, 6) is 0.146. The van der Waals surface area contributed by atoms with E-state index in [9.17, 15) is 24.3 Å². The molecule has 5 atom stereocenters. The molecule has 3 amide bonds. The van der Waals surface area contributed by atoms with Crippen molar-refractivity contribution in [2.75, 3.05) is 26.4 Å². The number of carbonyl (C=O) groups is 4. The third-order valence-electron chi connectivity index (χ3n) is 11.4. The van der Waals surface area contributed by atoms with Crippen molar-refractivity contribution in [1.29, 1.82) is 0 Å². The number of amides is 3. The molecule has 3 saturated carbocycles. The van der Waals surface area contributed by atoms with E-state index in [1.54, 1.807) is 5.57 Å². The molecule has 280 valence electrons. The van der Waals surface area contributed by atoms with E-state index in [4.69, 9.17) is 14.3 Å². The Morgan fingerprint density at radius 2 is 1.82 bits per heavy atom. The van der Waals surface area contributed by atoms with Gasteiger partial charge in [-0.05, 0) is 113 Å². The third-order valence-corrected chi connectivity index (χ3v) is 11.4. The maximum absolute atomic E-state index is 12.1. The molecule has 4 fully saturated rings. The van der Waals surface area contributed by atoms with Crippen molar-refractivity contribution in [3.8, 4) is 0 Å². The van der Waals surface area contributed by atoms with Crippen molar-refractivity contribution in [3.63, 3.8) is 0 Å². The SMILES string of the molecule is C=C1CC[C@H](OCCCNC(=O)COCCCC(=O)ON2C(=O)CCC2=O)C/C1=C/C=C1\CCC[C@]2(C)[C@@H]([C@H](C)CCCC(C)(C)O)CC[C@@H]12. The van der Waals surface area contributed by atoms with Gasteiger partial charge in [0.05, 0.1) is 18.1 Å². The predicted molar refractivity (Wildman–Crippen MR) is 191 cm³/mol. The first-order valence-electron chi connectivity index (χ1n) is 19.1. The van der Waals surface area contributed by atoms with Gasteiger partial charge < -0.3 is 24.7 Å². The summed E-state index contributed by atoms with van der Waals surface area (Å²) in [4.78, 5) is 51.8. The average Bonchev–Trinajstić information content (AvgIpc) is 3.58. The molecule has 0 aromatic rings. The summed E-state index contributed by atoms with van der Waals surface area (Å²) >= 11 is 0. The van der Waals surface area contributed by atoms with Crippen LogP contribution in [0.5, 0.6) is 0 Å². The van der Waals surface area contributed by atoms with Gasteiger partial charge in [0.15, 0.2) is 0 Å². The van der Waals surface area contributed by atoms with Gasteiger partial charge in [0.25, 0.3) is 11.8 Å². The molecule has 0 bridgehead atoms. The fourth-order valence-electron chi connectivity index (χ4n) is 8.69. The number of rotatable bonds is 18. The second-order valence-corrected chi connectivity index (χ2v) is 16.0. The molecule has 0 aromatic carbocycles. The fraction of sp³-hybridized carbons (Fsp3) is 0.750. The molecule has 4 rings (SSSR count). The Labute approximate surface area is 299 Å². The van der Waals surface area contributed by atoms with E-state index in [-0.39, 0.29) is 44.5 Å². The molecule has 0 aromatic heterocycles. The second-order valence-electron chi connectivity index (χ2n) is 16.0. The molecule has 4 aliphatic rings. The number of hydroxylamine groups is 2. The van der Waals surface area contributed by atoms with Gasteiger partial charge in [-0.3, -0.25) is 14.4 Å². The molecule has 3 aliphatic carbocycles. The number of imide groups is 1. The minimum absolute atomic E-state index is 0.0230. The van der Waals surface area contributed by atoms with E-state index in [2.05, 4.69) is 37.9 Å². The topological polar surface area (TPSA) is 131 Å². The summed E-state index contributed by atoms with van der Waals surface area (Å²) in [6, 6.07) is 0. The quantitative estimate of drug-likeness (QED) is 0.120. The number of aliphatic hydroxyl groups is 1. The van der Waals surface area contributed by atoms with Crippen LogP contribution in [-0.2, 0) is 33.5 Å². The molecule has 1 heterocycles. The lowest BCUT2D eigenvalue weighted by Gasteiger charge is -2.44. The Morgan fingerprint density at radius 1 is 1.06 bits per heavy atom. The summed E-state index contributed by atoms with van der Waals surface area (Å²) < 4.78 is 11.6. The lowest BCUT2D eigenvalue weighted by molar-refractivity contribution is -0.197. The van der Waals surface area contributed by atoms with Crippen molar-refractivity contribution in [3.05, 3.63) is 35.5 Å². The van der Waals surface area contributed by atoms with Gasteiger partial charge >= 0.3 is 5.97 Å². The first kappa shape index (κ1) is 40.0. The van der Waals surface area contributed by atoms with Gasteiger partial charge in [0, 0.05) is 32.6 Å². The van der Waals surface area contributed by atoms with E-state index in [0.29, 0.717) is 48.3 Å². The van der Waals surface area contributed by atoms with Crippen LogP contribution in [0.15, 0.2) is 35.5 Å². The predicted octanol–water partition coefficient (Wildman–Crippen LogP) is 6.67. The van der Waals surface area contributed by atoms with Crippen LogP contribution >= 0.6 is 0 Å². The van der Waals surface area contributed by atoms with Crippen molar-refractivity contribution in [2.45, 2.75) is 142 Å². The van der Waals surface area contributed by atoms with Crippen molar-refractivity contribution in [2.24, 2.45) is 23.2 Å². The third kappa shape index (κ3) is 11.6. The molecule has 1 aliphatic heterocycles. The van der Waals surface area contributed by atoms with E-state index in [1.807, 2.05) is 13.8 Å². The van der Waals surface area contributed by atoms with Gasteiger partial charge in [0.1, 0.15) is 6.61 Å². The standard InChI is InChI=1S/C40H62N2O8/c1-28-13-16-32(49-25-9-23-41-35(43)27-48-24-8-12-38(46)50-42-36(44)19-20-37(42)45)26-31(28)15-14-30-11-7-22-40(5)33(17-18-34(30)40)29(2)10-6-21-39(3,4)47/h14-15,29,32-34,47H,1,6-13,16-27H2,2-5H3,(H,41,43)/b30-14+,31-15-/t29-,32+,33-,34+,40-/m1/s1. The largest absolute Gasteiger partial charge is 0.390 e. The molecule has 1 saturated heterocycles. The Bertz CT molecular complexity index is 1270. The second kappa shape index (κ2) is 18.6. The van der Waals surface area contributed by atoms with Gasteiger partial charge in [-0.25, -0.2) is 4.79 Å². The highest BCUT2D eigenvalue weighted by Gasteiger charge is 2.50. The molecule has 0 radical (unpaired) electrons. The highest BCUT2D eigenvalue weighted by atomic mass is 16.7. The van der Waals surface area contributed by atoms with Crippen LogP contribution in [0.3, 0.4) is 0 Å². The van der Waals surface area contributed by atoms with Gasteiger partial charge in [0.2, 0.25) is 5.91 Å². The lowest BCUT2D eigenvalue weighted by Crippen LogP contribution is -2.36.